The maximum atomic E-state index is 10.4. The van der Waals surface area contributed by atoms with E-state index in [0.717, 1.165) is 16.9 Å². The Morgan fingerprint density at radius 1 is 1.54 bits per heavy atom. The van der Waals surface area contributed by atoms with Gasteiger partial charge in [-0.1, -0.05) is 30.7 Å². The van der Waals surface area contributed by atoms with E-state index in [2.05, 4.69) is 0 Å². The summed E-state index contributed by atoms with van der Waals surface area (Å²) in [5, 5.41) is 0.773. The Labute approximate surface area is 83.7 Å². The molecule has 1 unspecified atom stereocenters. The van der Waals surface area contributed by atoms with Crippen molar-refractivity contribution in [3.05, 3.63) is 34.3 Å². The Balaban J connectivity index is 3.00. The van der Waals surface area contributed by atoms with E-state index in [-0.39, 0.29) is 5.92 Å². The van der Waals surface area contributed by atoms with Gasteiger partial charge >= 0.3 is 0 Å². The second-order valence-electron chi connectivity index (χ2n) is 3.26. The molecule has 2 heteroatoms. The van der Waals surface area contributed by atoms with Crippen LogP contribution >= 0.6 is 11.6 Å². The zero-order valence-electron chi connectivity index (χ0n) is 7.88. The molecule has 0 aliphatic carbocycles. The van der Waals surface area contributed by atoms with Crippen LogP contribution in [0.2, 0.25) is 5.02 Å². The van der Waals surface area contributed by atoms with Crippen molar-refractivity contribution < 1.29 is 4.79 Å². The molecule has 70 valence electrons. The first-order chi connectivity index (χ1) is 6.16. The highest BCUT2D eigenvalue weighted by molar-refractivity contribution is 6.31. The molecule has 0 heterocycles. The Hall–Kier alpha value is -0.820. The van der Waals surface area contributed by atoms with E-state index < -0.39 is 0 Å². The minimum absolute atomic E-state index is 0.260. The molecular formula is C11H13ClO. The van der Waals surface area contributed by atoms with Crippen LogP contribution in [0, 0.1) is 6.92 Å². The van der Waals surface area contributed by atoms with Gasteiger partial charge in [0, 0.05) is 11.4 Å². The second kappa shape index (κ2) is 4.43. The Morgan fingerprint density at radius 3 is 2.85 bits per heavy atom. The molecule has 0 aliphatic heterocycles. The van der Waals surface area contributed by atoms with Gasteiger partial charge in [-0.25, -0.2) is 0 Å². The highest BCUT2D eigenvalue weighted by Gasteiger charge is 2.09. The summed E-state index contributed by atoms with van der Waals surface area (Å²) >= 11 is 5.97. The molecule has 0 saturated carbocycles. The number of aldehydes is 1. The van der Waals surface area contributed by atoms with Gasteiger partial charge in [-0.05, 0) is 30.0 Å². The van der Waals surface area contributed by atoms with Crippen molar-refractivity contribution >= 4 is 17.9 Å². The lowest BCUT2D eigenvalue weighted by atomic mass is 9.94. The number of carbonyl (C=O) groups excluding carboxylic acids is 1. The van der Waals surface area contributed by atoms with Gasteiger partial charge in [0.25, 0.3) is 0 Å². The van der Waals surface area contributed by atoms with Crippen LogP contribution in [0.3, 0.4) is 0 Å². The number of hydrogen-bond donors (Lipinski definition) is 0. The first-order valence-electron chi connectivity index (χ1n) is 4.35. The number of hydrogen-bond acceptors (Lipinski definition) is 1. The van der Waals surface area contributed by atoms with Gasteiger partial charge in [-0.3, -0.25) is 0 Å². The molecule has 0 aromatic heterocycles. The fourth-order valence-corrected chi connectivity index (χ4v) is 1.61. The fourth-order valence-electron chi connectivity index (χ4n) is 1.43. The highest BCUT2D eigenvalue weighted by atomic mass is 35.5. The van der Waals surface area contributed by atoms with Crippen molar-refractivity contribution in [3.8, 4) is 0 Å². The summed E-state index contributed by atoms with van der Waals surface area (Å²) in [5.41, 5.74) is 2.25. The lowest BCUT2D eigenvalue weighted by molar-refractivity contribution is -0.108. The number of carbonyl (C=O) groups is 1. The van der Waals surface area contributed by atoms with Crippen LogP contribution in [0.25, 0.3) is 0 Å². The predicted molar refractivity (Wildman–Crippen MR) is 55.3 cm³/mol. The van der Waals surface area contributed by atoms with Crippen molar-refractivity contribution in [2.24, 2.45) is 0 Å². The molecule has 1 nitrogen and oxygen atoms in total. The van der Waals surface area contributed by atoms with E-state index in [1.54, 1.807) is 0 Å². The SMILES string of the molecule is Cc1c(Cl)cccc1C(C)CC=O. The summed E-state index contributed by atoms with van der Waals surface area (Å²) in [6.45, 7) is 4.02. The molecule has 1 aromatic rings. The third-order valence-corrected chi connectivity index (χ3v) is 2.70. The summed E-state index contributed by atoms with van der Waals surface area (Å²) in [7, 11) is 0. The first kappa shape index (κ1) is 10.3. The van der Waals surface area contributed by atoms with Gasteiger partial charge in [-0.2, -0.15) is 0 Å². The molecule has 0 spiro atoms. The summed E-state index contributed by atoms with van der Waals surface area (Å²) in [5.74, 6) is 0.260. The highest BCUT2D eigenvalue weighted by Crippen LogP contribution is 2.26. The minimum Gasteiger partial charge on any atom is -0.303 e. The summed E-state index contributed by atoms with van der Waals surface area (Å²) in [6.07, 6.45) is 1.51. The molecule has 1 atom stereocenters. The van der Waals surface area contributed by atoms with Crippen molar-refractivity contribution in [2.75, 3.05) is 0 Å². The van der Waals surface area contributed by atoms with E-state index >= 15 is 0 Å². The van der Waals surface area contributed by atoms with Gasteiger partial charge in [-0.15, -0.1) is 0 Å². The van der Waals surface area contributed by atoms with E-state index in [4.69, 9.17) is 11.6 Å². The summed E-state index contributed by atoms with van der Waals surface area (Å²) < 4.78 is 0. The van der Waals surface area contributed by atoms with Crippen LogP contribution in [0.15, 0.2) is 18.2 Å². The van der Waals surface area contributed by atoms with Gasteiger partial charge in [0.2, 0.25) is 0 Å². The number of rotatable bonds is 3. The van der Waals surface area contributed by atoms with Gasteiger partial charge in [0.1, 0.15) is 6.29 Å². The Morgan fingerprint density at radius 2 is 2.23 bits per heavy atom. The molecule has 0 saturated heterocycles. The molecule has 0 amide bonds. The summed E-state index contributed by atoms with van der Waals surface area (Å²) in [6, 6.07) is 5.81. The molecule has 0 N–H and O–H groups in total. The monoisotopic (exact) mass is 196 g/mol. The van der Waals surface area contributed by atoms with E-state index in [9.17, 15) is 4.79 Å². The van der Waals surface area contributed by atoms with Crippen LogP contribution in [-0.2, 0) is 4.79 Å². The zero-order chi connectivity index (χ0) is 9.84. The third kappa shape index (κ3) is 2.31. The van der Waals surface area contributed by atoms with Crippen LogP contribution in [-0.4, -0.2) is 6.29 Å². The van der Waals surface area contributed by atoms with Crippen molar-refractivity contribution in [1.29, 1.82) is 0 Å². The normalized spacial score (nSPS) is 12.5. The van der Waals surface area contributed by atoms with Crippen LogP contribution in [0.4, 0.5) is 0 Å². The standard InChI is InChI=1S/C11H13ClO/c1-8(6-7-13)10-4-3-5-11(12)9(10)2/h3-5,7-8H,6H2,1-2H3. The predicted octanol–water partition coefficient (Wildman–Crippen LogP) is 3.34. The quantitative estimate of drug-likeness (QED) is 0.678. The molecule has 0 bridgehead atoms. The molecule has 1 aromatic carbocycles. The van der Waals surface area contributed by atoms with E-state index in [1.165, 1.54) is 5.56 Å². The van der Waals surface area contributed by atoms with Crippen LogP contribution < -0.4 is 0 Å². The zero-order valence-corrected chi connectivity index (χ0v) is 8.64. The molecule has 13 heavy (non-hydrogen) atoms. The second-order valence-corrected chi connectivity index (χ2v) is 3.66. The van der Waals surface area contributed by atoms with E-state index in [1.807, 2.05) is 32.0 Å². The fraction of sp³-hybridized carbons (Fsp3) is 0.364. The van der Waals surface area contributed by atoms with E-state index in [0.29, 0.717) is 6.42 Å². The average Bonchev–Trinajstić information content (AvgIpc) is 2.10. The lowest BCUT2D eigenvalue weighted by Crippen LogP contribution is -1.97. The van der Waals surface area contributed by atoms with Crippen molar-refractivity contribution in [2.45, 2.75) is 26.2 Å². The van der Waals surface area contributed by atoms with Crippen molar-refractivity contribution in [3.63, 3.8) is 0 Å². The lowest BCUT2D eigenvalue weighted by Gasteiger charge is -2.12. The molecule has 1 rings (SSSR count). The average molecular weight is 197 g/mol. The Kier molecular flexibility index (Phi) is 3.49. The Bertz CT molecular complexity index is 307. The smallest absolute Gasteiger partial charge is 0.120 e. The number of benzene rings is 1. The summed E-state index contributed by atoms with van der Waals surface area (Å²) in [4.78, 5) is 10.4. The topological polar surface area (TPSA) is 17.1 Å². The largest absolute Gasteiger partial charge is 0.303 e. The third-order valence-electron chi connectivity index (χ3n) is 2.29. The van der Waals surface area contributed by atoms with Crippen molar-refractivity contribution in [1.82, 2.24) is 0 Å². The van der Waals surface area contributed by atoms with Crippen LogP contribution in [0.5, 0.6) is 0 Å². The maximum Gasteiger partial charge on any atom is 0.120 e. The maximum absolute atomic E-state index is 10.4. The van der Waals surface area contributed by atoms with Gasteiger partial charge < -0.3 is 4.79 Å². The molecular weight excluding hydrogens is 184 g/mol. The minimum atomic E-state index is 0.260. The molecule has 0 aliphatic rings. The molecule has 0 radical (unpaired) electrons. The first-order valence-corrected chi connectivity index (χ1v) is 4.73. The number of halogens is 1. The van der Waals surface area contributed by atoms with Gasteiger partial charge in [0.05, 0.1) is 0 Å². The van der Waals surface area contributed by atoms with Crippen LogP contribution in [0.1, 0.15) is 30.4 Å². The van der Waals surface area contributed by atoms with Gasteiger partial charge in [0.15, 0.2) is 0 Å². The molecule has 0 fully saturated rings.